The summed E-state index contributed by atoms with van der Waals surface area (Å²) >= 11 is 1.19. The number of carbonyl (C=O) groups excluding carboxylic acids is 1. The summed E-state index contributed by atoms with van der Waals surface area (Å²) in [6.45, 7) is 4.16. The lowest BCUT2D eigenvalue weighted by Crippen LogP contribution is -2.13. The number of allylic oxidation sites excluding steroid dienone is 1. The summed E-state index contributed by atoms with van der Waals surface area (Å²) in [4.78, 5) is 23.5. The predicted octanol–water partition coefficient (Wildman–Crippen LogP) is 2.60. The lowest BCUT2D eigenvalue weighted by Gasteiger charge is -2.04. The molecule has 0 saturated heterocycles. The van der Waals surface area contributed by atoms with Gasteiger partial charge < -0.3 is 5.32 Å². The number of aromatic nitrogens is 1. The monoisotopic (exact) mass is 274 g/mol. The van der Waals surface area contributed by atoms with Crippen molar-refractivity contribution in [2.75, 3.05) is 5.32 Å². The molecule has 1 heterocycles. The molecule has 4 nitrogen and oxygen atoms in total. The molecule has 1 aliphatic carbocycles. The molecule has 2 aromatic rings. The summed E-state index contributed by atoms with van der Waals surface area (Å²) in [6, 6.07) is 5.58. The van der Waals surface area contributed by atoms with E-state index < -0.39 is 0 Å². The van der Waals surface area contributed by atoms with E-state index >= 15 is 0 Å². The number of thiazole rings is 1. The molecule has 0 bridgehead atoms. The minimum atomic E-state index is 0.000527. The van der Waals surface area contributed by atoms with Crippen molar-refractivity contribution in [3.05, 3.63) is 40.5 Å². The molecule has 1 aromatic carbocycles. The number of carbonyl (C=O) groups is 1. The van der Waals surface area contributed by atoms with E-state index in [4.69, 9.17) is 0 Å². The van der Waals surface area contributed by atoms with E-state index in [1.54, 1.807) is 10.6 Å². The smallest absolute Gasteiger partial charge is 0.308 e. The second-order valence-electron chi connectivity index (χ2n) is 4.71. The van der Waals surface area contributed by atoms with Crippen LogP contribution in [0.15, 0.2) is 35.6 Å². The lowest BCUT2D eigenvalue weighted by molar-refractivity contribution is -0.117. The van der Waals surface area contributed by atoms with E-state index in [9.17, 15) is 9.59 Å². The number of benzene rings is 1. The minimum absolute atomic E-state index is 0.000527. The van der Waals surface area contributed by atoms with Gasteiger partial charge in [0.2, 0.25) is 5.91 Å². The Morgan fingerprint density at radius 3 is 3.00 bits per heavy atom. The maximum Gasteiger partial charge on any atom is 0.308 e. The van der Waals surface area contributed by atoms with Crippen LogP contribution in [0.4, 0.5) is 5.69 Å². The summed E-state index contributed by atoms with van der Waals surface area (Å²) in [5.41, 5.74) is 1.65. The van der Waals surface area contributed by atoms with E-state index in [1.807, 2.05) is 18.2 Å². The normalized spacial score (nSPS) is 14.5. The minimum Gasteiger partial charge on any atom is -0.326 e. The molecule has 0 unspecified atom stereocenters. The van der Waals surface area contributed by atoms with Crippen molar-refractivity contribution in [2.45, 2.75) is 19.4 Å². The summed E-state index contributed by atoms with van der Waals surface area (Å²) in [5.74, 6) is 0.261. The molecular weight excluding hydrogens is 260 g/mol. The van der Waals surface area contributed by atoms with Gasteiger partial charge >= 0.3 is 4.87 Å². The van der Waals surface area contributed by atoms with Gasteiger partial charge in [0.1, 0.15) is 0 Å². The zero-order chi connectivity index (χ0) is 13.4. The van der Waals surface area contributed by atoms with Crippen molar-refractivity contribution in [3.63, 3.8) is 0 Å². The average molecular weight is 274 g/mol. The Hall–Kier alpha value is -1.88. The van der Waals surface area contributed by atoms with Gasteiger partial charge in [-0.25, -0.2) is 0 Å². The molecule has 0 aliphatic heterocycles. The highest BCUT2D eigenvalue weighted by atomic mass is 32.1. The molecular formula is C14H14N2O2S. The highest BCUT2D eigenvalue weighted by Crippen LogP contribution is 2.30. The van der Waals surface area contributed by atoms with Crippen molar-refractivity contribution in [1.29, 1.82) is 0 Å². The van der Waals surface area contributed by atoms with Crippen molar-refractivity contribution < 1.29 is 4.79 Å². The summed E-state index contributed by atoms with van der Waals surface area (Å²) in [5, 5.41) is 2.89. The first-order chi connectivity index (χ1) is 9.19. The molecule has 3 rings (SSSR count). The Morgan fingerprint density at radius 1 is 1.53 bits per heavy atom. The van der Waals surface area contributed by atoms with Crippen LogP contribution < -0.4 is 10.2 Å². The molecule has 5 heteroatoms. The van der Waals surface area contributed by atoms with E-state index in [-0.39, 0.29) is 16.7 Å². The van der Waals surface area contributed by atoms with Crippen LogP contribution in [-0.2, 0) is 11.3 Å². The Labute approximate surface area is 114 Å². The molecule has 1 fully saturated rings. The van der Waals surface area contributed by atoms with Crippen LogP contribution in [0.1, 0.15) is 12.8 Å². The molecule has 98 valence electrons. The molecule has 1 N–H and O–H groups in total. The van der Waals surface area contributed by atoms with Gasteiger partial charge in [-0.05, 0) is 31.0 Å². The molecule has 1 aromatic heterocycles. The maximum absolute atomic E-state index is 11.8. The average Bonchev–Trinajstić information content (AvgIpc) is 3.17. The maximum atomic E-state index is 11.8. The van der Waals surface area contributed by atoms with E-state index in [2.05, 4.69) is 11.9 Å². The molecule has 1 aliphatic rings. The van der Waals surface area contributed by atoms with Crippen molar-refractivity contribution in [2.24, 2.45) is 5.92 Å². The molecule has 1 amide bonds. The topological polar surface area (TPSA) is 51.1 Å². The zero-order valence-corrected chi connectivity index (χ0v) is 11.2. The van der Waals surface area contributed by atoms with Gasteiger partial charge in [-0.3, -0.25) is 14.2 Å². The Kier molecular flexibility index (Phi) is 2.98. The molecule has 0 atom stereocenters. The van der Waals surface area contributed by atoms with E-state index in [1.165, 1.54) is 11.3 Å². The van der Waals surface area contributed by atoms with Crippen LogP contribution in [0, 0.1) is 5.92 Å². The first-order valence-electron chi connectivity index (χ1n) is 6.24. The van der Waals surface area contributed by atoms with Crippen LogP contribution in [-0.4, -0.2) is 10.5 Å². The van der Waals surface area contributed by atoms with Gasteiger partial charge in [0.15, 0.2) is 0 Å². The van der Waals surface area contributed by atoms with E-state index in [0.29, 0.717) is 6.54 Å². The van der Waals surface area contributed by atoms with Crippen LogP contribution in [0.3, 0.4) is 0 Å². The Morgan fingerprint density at radius 2 is 2.32 bits per heavy atom. The number of hydrogen-bond donors (Lipinski definition) is 1. The van der Waals surface area contributed by atoms with E-state index in [0.717, 1.165) is 28.7 Å². The Balaban J connectivity index is 1.94. The quantitative estimate of drug-likeness (QED) is 0.871. The van der Waals surface area contributed by atoms with Gasteiger partial charge in [-0.2, -0.15) is 0 Å². The second-order valence-corrected chi connectivity index (χ2v) is 5.71. The third-order valence-corrected chi connectivity index (χ3v) is 4.14. The third-order valence-electron chi connectivity index (χ3n) is 3.20. The summed E-state index contributed by atoms with van der Waals surface area (Å²) in [7, 11) is 0. The first kappa shape index (κ1) is 12.2. The summed E-state index contributed by atoms with van der Waals surface area (Å²) in [6.07, 6.45) is 3.67. The van der Waals surface area contributed by atoms with Gasteiger partial charge in [0.25, 0.3) is 0 Å². The van der Waals surface area contributed by atoms with Gasteiger partial charge in [0.05, 0.1) is 10.2 Å². The number of nitrogens with zero attached hydrogens (tertiary/aromatic N) is 1. The fourth-order valence-corrected chi connectivity index (χ4v) is 2.98. The Bertz CT molecular complexity index is 710. The van der Waals surface area contributed by atoms with Crippen molar-refractivity contribution >= 4 is 33.1 Å². The fourth-order valence-electron chi connectivity index (χ4n) is 2.04. The predicted molar refractivity (Wildman–Crippen MR) is 77.6 cm³/mol. The SMILES string of the molecule is C=CCn1c(=O)sc2cc(NC(=O)C3CC3)ccc21. The lowest BCUT2D eigenvalue weighted by atomic mass is 10.2. The summed E-state index contributed by atoms with van der Waals surface area (Å²) < 4.78 is 2.57. The van der Waals surface area contributed by atoms with Crippen LogP contribution in [0.2, 0.25) is 0 Å². The highest BCUT2D eigenvalue weighted by molar-refractivity contribution is 7.16. The first-order valence-corrected chi connectivity index (χ1v) is 7.06. The van der Waals surface area contributed by atoms with Crippen molar-refractivity contribution in [3.8, 4) is 0 Å². The highest BCUT2D eigenvalue weighted by Gasteiger charge is 2.29. The van der Waals surface area contributed by atoms with Crippen LogP contribution >= 0.6 is 11.3 Å². The number of amides is 1. The van der Waals surface area contributed by atoms with Crippen LogP contribution in [0.5, 0.6) is 0 Å². The largest absolute Gasteiger partial charge is 0.326 e. The van der Waals surface area contributed by atoms with Gasteiger partial charge in [-0.1, -0.05) is 17.4 Å². The van der Waals surface area contributed by atoms with Gasteiger partial charge in [0, 0.05) is 18.2 Å². The number of hydrogen-bond acceptors (Lipinski definition) is 3. The zero-order valence-electron chi connectivity index (χ0n) is 10.4. The van der Waals surface area contributed by atoms with Crippen molar-refractivity contribution in [1.82, 2.24) is 4.57 Å². The number of fused-ring (bicyclic) bond motifs is 1. The number of nitrogens with one attached hydrogen (secondary N) is 1. The van der Waals surface area contributed by atoms with Crippen LogP contribution in [0.25, 0.3) is 10.2 Å². The second kappa shape index (κ2) is 4.66. The third kappa shape index (κ3) is 2.33. The molecule has 19 heavy (non-hydrogen) atoms. The molecule has 0 radical (unpaired) electrons. The number of rotatable bonds is 4. The van der Waals surface area contributed by atoms with Gasteiger partial charge in [-0.15, -0.1) is 6.58 Å². The fraction of sp³-hybridized carbons (Fsp3) is 0.286. The molecule has 0 spiro atoms. The molecule has 1 saturated carbocycles. The standard InChI is InChI=1S/C14H14N2O2S/c1-2-7-16-11-6-5-10(8-12(11)19-14(16)18)15-13(17)9-3-4-9/h2,5-6,8-9H,1,3-4,7H2,(H,15,17). The number of anilines is 1.